The number of fused-ring (bicyclic) bond motifs is 1. The second-order valence-corrected chi connectivity index (χ2v) is 6.50. The lowest BCUT2D eigenvalue weighted by molar-refractivity contribution is -0.862. The molecule has 1 atom stereocenters. The van der Waals surface area contributed by atoms with E-state index in [0.29, 0.717) is 12.4 Å². The van der Waals surface area contributed by atoms with Crippen molar-refractivity contribution in [3.8, 4) is 6.07 Å². The van der Waals surface area contributed by atoms with Crippen LogP contribution in [0, 0.1) is 11.3 Å². The second-order valence-electron chi connectivity index (χ2n) is 6.50. The fourth-order valence-corrected chi connectivity index (χ4v) is 3.08. The van der Waals surface area contributed by atoms with Crippen LogP contribution in [0.3, 0.4) is 0 Å². The minimum atomic E-state index is -0.269. The molecule has 1 aromatic carbocycles. The van der Waals surface area contributed by atoms with Gasteiger partial charge < -0.3 is 20.0 Å². The zero-order chi connectivity index (χ0) is 19.3. The normalized spacial score (nSPS) is 13.9. The van der Waals surface area contributed by atoms with Crippen LogP contribution in [-0.4, -0.2) is 52.5 Å². The maximum absolute atomic E-state index is 12.7. The van der Waals surface area contributed by atoms with E-state index in [4.69, 9.17) is 0 Å². The minimum Gasteiger partial charge on any atom is -0.351 e. The summed E-state index contributed by atoms with van der Waals surface area (Å²) in [6.45, 7) is 2.90. The molecular formula is C19H26N5O2+. The number of carbonyl (C=O) groups is 2. The molecule has 0 aliphatic carbocycles. The Hall–Kier alpha value is -2.85. The van der Waals surface area contributed by atoms with Gasteiger partial charge in [-0.25, -0.2) is 0 Å². The summed E-state index contributed by atoms with van der Waals surface area (Å²) < 4.78 is 0. The van der Waals surface area contributed by atoms with Crippen molar-refractivity contribution in [3.05, 3.63) is 35.7 Å². The van der Waals surface area contributed by atoms with Crippen molar-refractivity contribution in [3.63, 3.8) is 0 Å². The summed E-state index contributed by atoms with van der Waals surface area (Å²) in [6.07, 6.45) is 0.869. The monoisotopic (exact) mass is 356 g/mol. The van der Waals surface area contributed by atoms with E-state index in [1.165, 1.54) is 0 Å². The number of nitrogens with zero attached hydrogens (tertiary/aromatic N) is 3. The first-order valence-electron chi connectivity index (χ1n) is 8.72. The first-order valence-corrected chi connectivity index (χ1v) is 8.72. The Morgan fingerprint density at radius 2 is 1.73 bits per heavy atom. The third-order valence-corrected chi connectivity index (χ3v) is 4.35. The van der Waals surface area contributed by atoms with Crippen LogP contribution in [0.25, 0.3) is 0 Å². The number of rotatable bonds is 7. The van der Waals surface area contributed by atoms with Crippen molar-refractivity contribution in [2.24, 2.45) is 0 Å². The maximum Gasteiger partial charge on any atom is 0.275 e. The molecule has 1 unspecified atom stereocenters. The number of Topliss-reactive ketones (excluding diaryl/α,β-unsaturated/α-hetero) is 1. The van der Waals surface area contributed by atoms with E-state index in [1.54, 1.807) is 7.05 Å². The molecule has 0 saturated heterocycles. The van der Waals surface area contributed by atoms with Gasteiger partial charge in [-0.3, -0.25) is 9.59 Å². The minimum absolute atomic E-state index is 0.0873. The van der Waals surface area contributed by atoms with E-state index in [0.717, 1.165) is 22.7 Å². The molecule has 7 heteroatoms. The molecule has 1 aliphatic rings. The molecule has 2 N–H and O–H groups in total. The topological polar surface area (TPSA) is 80.9 Å². The molecule has 0 radical (unpaired) electrons. The summed E-state index contributed by atoms with van der Waals surface area (Å²) in [6, 6.07) is 9.82. The van der Waals surface area contributed by atoms with Crippen LogP contribution in [0.1, 0.15) is 13.3 Å². The lowest BCUT2D eigenvalue weighted by atomic mass is 10.1. The van der Waals surface area contributed by atoms with Gasteiger partial charge in [-0.05, 0) is 18.6 Å². The third kappa shape index (κ3) is 4.03. The van der Waals surface area contributed by atoms with E-state index in [1.807, 2.05) is 55.1 Å². The Kier molecular flexibility index (Phi) is 6.36. The number of nitriles is 1. The number of carbonyl (C=O) groups excluding carboxylic acids is 2. The first-order chi connectivity index (χ1) is 12.4. The van der Waals surface area contributed by atoms with Gasteiger partial charge in [0.2, 0.25) is 5.78 Å². The SMILES string of the molecule is CCCNC(=O)C[NH+](C)CC(=O)C(C#N)=C1N(C)c2ccccc2N1C. The predicted molar refractivity (Wildman–Crippen MR) is 101 cm³/mol. The molecule has 7 nitrogen and oxygen atoms in total. The number of quaternary nitrogens is 1. The molecule has 1 aliphatic heterocycles. The Bertz CT molecular complexity index is 734. The van der Waals surface area contributed by atoms with E-state index in [9.17, 15) is 14.9 Å². The van der Waals surface area contributed by atoms with Crippen LogP contribution in [0.15, 0.2) is 35.7 Å². The highest BCUT2D eigenvalue weighted by Crippen LogP contribution is 2.40. The van der Waals surface area contributed by atoms with Gasteiger partial charge in [0.25, 0.3) is 5.91 Å². The number of nitrogens with one attached hydrogen (secondary N) is 2. The Labute approximate surface area is 154 Å². The summed E-state index contributed by atoms with van der Waals surface area (Å²) >= 11 is 0. The van der Waals surface area contributed by atoms with Crippen molar-refractivity contribution in [2.45, 2.75) is 13.3 Å². The van der Waals surface area contributed by atoms with Crippen molar-refractivity contribution in [2.75, 3.05) is 50.6 Å². The van der Waals surface area contributed by atoms with Gasteiger partial charge in [0, 0.05) is 20.6 Å². The van der Waals surface area contributed by atoms with Gasteiger partial charge >= 0.3 is 0 Å². The summed E-state index contributed by atoms with van der Waals surface area (Å²) in [4.78, 5) is 29.0. The van der Waals surface area contributed by atoms with Crippen LogP contribution in [0.2, 0.25) is 0 Å². The van der Waals surface area contributed by atoms with E-state index >= 15 is 0 Å². The van der Waals surface area contributed by atoms with Crippen LogP contribution in [0.5, 0.6) is 0 Å². The molecule has 1 heterocycles. The third-order valence-electron chi connectivity index (χ3n) is 4.35. The quantitative estimate of drug-likeness (QED) is 0.528. The predicted octanol–water partition coefficient (Wildman–Crippen LogP) is -0.0822. The van der Waals surface area contributed by atoms with Gasteiger partial charge in [0.15, 0.2) is 6.54 Å². The fraction of sp³-hybridized carbons (Fsp3) is 0.421. The second kappa shape index (κ2) is 8.50. The molecular weight excluding hydrogens is 330 g/mol. The number of hydrogen-bond donors (Lipinski definition) is 2. The van der Waals surface area contributed by atoms with Crippen LogP contribution >= 0.6 is 0 Å². The number of amides is 1. The molecule has 2 rings (SSSR count). The largest absolute Gasteiger partial charge is 0.351 e. The molecule has 1 amide bonds. The average Bonchev–Trinajstić information content (AvgIpc) is 2.86. The van der Waals surface area contributed by atoms with E-state index < -0.39 is 0 Å². The molecule has 138 valence electrons. The Morgan fingerprint density at radius 1 is 1.15 bits per heavy atom. The lowest BCUT2D eigenvalue weighted by Gasteiger charge is -2.20. The molecule has 0 aromatic heterocycles. The number of hydrogen-bond acceptors (Lipinski definition) is 5. The van der Waals surface area contributed by atoms with Crippen molar-refractivity contribution < 1.29 is 14.5 Å². The zero-order valence-electron chi connectivity index (χ0n) is 15.8. The Balaban J connectivity index is 2.16. The fourth-order valence-electron chi connectivity index (χ4n) is 3.08. The maximum atomic E-state index is 12.7. The smallest absolute Gasteiger partial charge is 0.275 e. The van der Waals surface area contributed by atoms with Gasteiger partial charge in [-0.15, -0.1) is 0 Å². The zero-order valence-corrected chi connectivity index (χ0v) is 15.8. The van der Waals surface area contributed by atoms with Gasteiger partial charge in [0.05, 0.1) is 18.4 Å². The van der Waals surface area contributed by atoms with Gasteiger partial charge in [-0.2, -0.15) is 5.26 Å². The molecule has 0 saturated carbocycles. The first kappa shape index (κ1) is 19.5. The van der Waals surface area contributed by atoms with E-state index in [2.05, 4.69) is 11.4 Å². The summed E-state index contributed by atoms with van der Waals surface area (Å²) in [5.74, 6) is 0.211. The van der Waals surface area contributed by atoms with E-state index in [-0.39, 0.29) is 30.4 Å². The molecule has 0 spiro atoms. The lowest BCUT2D eigenvalue weighted by Crippen LogP contribution is -3.11. The standard InChI is InChI=1S/C19H25N5O2/c1-5-10-21-18(26)13-22(2)12-17(25)14(11-20)19-23(3)15-8-6-7-9-16(15)24(19)4/h6-9H,5,10,12-13H2,1-4H3,(H,21,26)/p+1. The average molecular weight is 356 g/mol. The number of ketones is 1. The number of anilines is 2. The number of likely N-dealkylation sites (N-methyl/N-ethyl adjacent to an activating group) is 1. The molecule has 26 heavy (non-hydrogen) atoms. The highest BCUT2D eigenvalue weighted by atomic mass is 16.2. The molecule has 0 fully saturated rings. The van der Waals surface area contributed by atoms with Gasteiger partial charge in [0.1, 0.15) is 24.0 Å². The summed E-state index contributed by atoms with van der Waals surface area (Å²) in [5, 5.41) is 12.4. The van der Waals surface area contributed by atoms with Gasteiger partial charge in [-0.1, -0.05) is 19.1 Å². The van der Waals surface area contributed by atoms with Crippen molar-refractivity contribution in [1.82, 2.24) is 5.32 Å². The van der Waals surface area contributed by atoms with Crippen molar-refractivity contribution >= 4 is 23.1 Å². The highest BCUT2D eigenvalue weighted by molar-refractivity contribution is 6.03. The summed E-state index contributed by atoms with van der Waals surface area (Å²) in [7, 11) is 5.47. The Morgan fingerprint density at radius 3 is 2.23 bits per heavy atom. The molecule has 1 aromatic rings. The number of para-hydroxylation sites is 2. The highest BCUT2D eigenvalue weighted by Gasteiger charge is 2.32. The van der Waals surface area contributed by atoms with Crippen LogP contribution in [0.4, 0.5) is 11.4 Å². The summed E-state index contributed by atoms with van der Waals surface area (Å²) in [5.41, 5.74) is 2.01. The van der Waals surface area contributed by atoms with Crippen molar-refractivity contribution in [1.29, 1.82) is 5.26 Å². The number of benzene rings is 1. The van der Waals surface area contributed by atoms with Crippen LogP contribution < -0.4 is 20.0 Å². The van der Waals surface area contributed by atoms with Crippen LogP contribution in [-0.2, 0) is 9.59 Å². The molecule has 0 bridgehead atoms.